The molecule has 0 aliphatic rings. The molecule has 21 heavy (non-hydrogen) atoms. The van der Waals surface area contributed by atoms with Crippen LogP contribution in [0.5, 0.6) is 11.5 Å². The maximum absolute atomic E-state index is 13.4. The van der Waals surface area contributed by atoms with Crippen LogP contribution in [0.2, 0.25) is 5.02 Å². The van der Waals surface area contributed by atoms with Crippen molar-refractivity contribution in [1.82, 2.24) is 0 Å². The van der Waals surface area contributed by atoms with Crippen LogP contribution in [-0.4, -0.2) is 14.2 Å². The number of rotatable bonds is 5. The van der Waals surface area contributed by atoms with Crippen molar-refractivity contribution >= 4 is 17.3 Å². The Morgan fingerprint density at radius 2 is 1.76 bits per heavy atom. The quantitative estimate of drug-likeness (QED) is 0.870. The maximum Gasteiger partial charge on any atom is 0.165 e. The van der Waals surface area contributed by atoms with Crippen molar-refractivity contribution in [2.45, 2.75) is 13.0 Å². The highest BCUT2D eigenvalue weighted by Crippen LogP contribution is 2.30. The van der Waals surface area contributed by atoms with Crippen LogP contribution in [0.1, 0.15) is 18.5 Å². The fourth-order valence-electron chi connectivity index (χ4n) is 2.03. The number of hydrogen-bond donors (Lipinski definition) is 1. The van der Waals surface area contributed by atoms with Crippen LogP contribution >= 0.6 is 11.6 Å². The molecule has 0 heterocycles. The molecule has 0 amide bonds. The number of halogens is 2. The van der Waals surface area contributed by atoms with Gasteiger partial charge in [-0.25, -0.2) is 4.39 Å². The van der Waals surface area contributed by atoms with Gasteiger partial charge in [0.2, 0.25) is 0 Å². The summed E-state index contributed by atoms with van der Waals surface area (Å²) in [6.45, 7) is 1.98. The summed E-state index contributed by atoms with van der Waals surface area (Å²) in [6.07, 6.45) is 0. The molecule has 5 heteroatoms. The summed E-state index contributed by atoms with van der Waals surface area (Å²) in [7, 11) is 3.02. The largest absolute Gasteiger partial charge is 0.495 e. The van der Waals surface area contributed by atoms with Gasteiger partial charge in [-0.2, -0.15) is 0 Å². The van der Waals surface area contributed by atoms with E-state index in [0.29, 0.717) is 10.8 Å². The van der Waals surface area contributed by atoms with Gasteiger partial charge < -0.3 is 14.8 Å². The SMILES string of the molecule is COc1cc(C(C)Nc2ccc(Cl)c(OC)c2)ccc1F. The number of methoxy groups -OCH3 is 2. The lowest BCUT2D eigenvalue weighted by Crippen LogP contribution is -2.07. The zero-order valence-corrected chi connectivity index (χ0v) is 12.9. The molecule has 1 N–H and O–H groups in total. The Morgan fingerprint density at radius 1 is 1.05 bits per heavy atom. The number of ether oxygens (including phenoxy) is 2. The molecule has 0 aliphatic carbocycles. The fourth-order valence-corrected chi connectivity index (χ4v) is 2.22. The first kappa shape index (κ1) is 15.4. The highest BCUT2D eigenvalue weighted by atomic mass is 35.5. The minimum Gasteiger partial charge on any atom is -0.495 e. The number of benzene rings is 2. The predicted molar refractivity (Wildman–Crippen MR) is 83.0 cm³/mol. The molecule has 0 aliphatic heterocycles. The van der Waals surface area contributed by atoms with Crippen molar-refractivity contribution in [3.05, 3.63) is 52.8 Å². The molecule has 0 aromatic heterocycles. The molecule has 1 unspecified atom stereocenters. The van der Waals surface area contributed by atoms with Crippen LogP contribution in [0.3, 0.4) is 0 Å². The maximum atomic E-state index is 13.4. The Hall–Kier alpha value is -1.94. The monoisotopic (exact) mass is 309 g/mol. The Labute approximate surface area is 128 Å². The summed E-state index contributed by atoms with van der Waals surface area (Å²) < 4.78 is 23.6. The van der Waals surface area contributed by atoms with Gasteiger partial charge in [0.25, 0.3) is 0 Å². The minimum atomic E-state index is -0.374. The highest BCUT2D eigenvalue weighted by Gasteiger charge is 2.10. The van der Waals surface area contributed by atoms with E-state index in [0.717, 1.165) is 11.3 Å². The van der Waals surface area contributed by atoms with Gasteiger partial charge in [0.1, 0.15) is 5.75 Å². The summed E-state index contributed by atoms with van der Waals surface area (Å²) in [6, 6.07) is 10.2. The molecule has 2 aromatic carbocycles. The Bertz CT molecular complexity index is 634. The van der Waals surface area contributed by atoms with Crippen LogP contribution < -0.4 is 14.8 Å². The highest BCUT2D eigenvalue weighted by molar-refractivity contribution is 6.32. The lowest BCUT2D eigenvalue weighted by Gasteiger charge is -2.17. The molecule has 0 radical (unpaired) electrons. The zero-order valence-electron chi connectivity index (χ0n) is 12.1. The standard InChI is InChI=1S/C16H17ClFNO2/c1-10(11-4-7-14(18)16(8-11)21-3)19-12-5-6-13(17)15(9-12)20-2/h4-10,19H,1-3H3. The van der Waals surface area contributed by atoms with Gasteiger partial charge in [0, 0.05) is 17.8 Å². The van der Waals surface area contributed by atoms with Crippen molar-refractivity contribution < 1.29 is 13.9 Å². The average molecular weight is 310 g/mol. The van der Waals surface area contributed by atoms with E-state index in [9.17, 15) is 4.39 Å². The summed E-state index contributed by atoms with van der Waals surface area (Å²) in [5, 5.41) is 3.87. The van der Waals surface area contributed by atoms with E-state index in [-0.39, 0.29) is 17.6 Å². The van der Waals surface area contributed by atoms with Gasteiger partial charge in [-0.15, -0.1) is 0 Å². The first-order valence-corrected chi connectivity index (χ1v) is 6.86. The van der Waals surface area contributed by atoms with E-state index < -0.39 is 0 Å². The third-order valence-electron chi connectivity index (χ3n) is 3.21. The molecule has 2 aromatic rings. The van der Waals surface area contributed by atoms with Crippen molar-refractivity contribution in [3.8, 4) is 11.5 Å². The third-order valence-corrected chi connectivity index (χ3v) is 3.52. The Balaban J connectivity index is 2.19. The number of anilines is 1. The molecule has 0 spiro atoms. The topological polar surface area (TPSA) is 30.5 Å². The summed E-state index contributed by atoms with van der Waals surface area (Å²) >= 11 is 6.00. The average Bonchev–Trinajstić information content (AvgIpc) is 2.49. The van der Waals surface area contributed by atoms with E-state index in [2.05, 4.69) is 5.32 Å². The van der Waals surface area contributed by atoms with E-state index in [4.69, 9.17) is 21.1 Å². The molecule has 3 nitrogen and oxygen atoms in total. The summed E-state index contributed by atoms with van der Waals surface area (Å²) in [5.41, 5.74) is 1.79. The number of hydrogen-bond acceptors (Lipinski definition) is 3. The van der Waals surface area contributed by atoms with Gasteiger partial charge in [-0.05, 0) is 36.8 Å². The normalized spacial score (nSPS) is 11.9. The smallest absolute Gasteiger partial charge is 0.165 e. The first-order valence-electron chi connectivity index (χ1n) is 6.48. The molecular weight excluding hydrogens is 293 g/mol. The number of nitrogens with one attached hydrogen (secondary N) is 1. The van der Waals surface area contributed by atoms with Crippen LogP contribution in [0, 0.1) is 5.82 Å². The lowest BCUT2D eigenvalue weighted by molar-refractivity contribution is 0.385. The second kappa shape index (κ2) is 6.68. The summed E-state index contributed by atoms with van der Waals surface area (Å²) in [5.74, 6) is 0.460. The minimum absolute atomic E-state index is 0.0228. The van der Waals surface area contributed by atoms with Gasteiger partial charge in [0.05, 0.1) is 19.2 Å². The molecule has 1 atom stereocenters. The van der Waals surface area contributed by atoms with E-state index in [1.165, 1.54) is 13.2 Å². The van der Waals surface area contributed by atoms with E-state index in [1.54, 1.807) is 25.3 Å². The molecule has 112 valence electrons. The van der Waals surface area contributed by atoms with Crippen molar-refractivity contribution in [3.63, 3.8) is 0 Å². The molecule has 0 saturated heterocycles. The van der Waals surface area contributed by atoms with E-state index >= 15 is 0 Å². The summed E-state index contributed by atoms with van der Waals surface area (Å²) in [4.78, 5) is 0. The molecular formula is C16H17ClFNO2. The molecule has 2 rings (SSSR count). The van der Waals surface area contributed by atoms with Crippen LogP contribution in [0.25, 0.3) is 0 Å². The van der Waals surface area contributed by atoms with Gasteiger partial charge in [-0.3, -0.25) is 0 Å². The second-order valence-corrected chi connectivity index (χ2v) is 5.02. The first-order chi connectivity index (χ1) is 10.0. The second-order valence-electron chi connectivity index (χ2n) is 4.61. The lowest BCUT2D eigenvalue weighted by atomic mass is 10.1. The van der Waals surface area contributed by atoms with Gasteiger partial charge in [0.15, 0.2) is 11.6 Å². The van der Waals surface area contributed by atoms with E-state index in [1.807, 2.05) is 19.1 Å². The zero-order chi connectivity index (χ0) is 15.4. The van der Waals surface area contributed by atoms with Gasteiger partial charge >= 0.3 is 0 Å². The third kappa shape index (κ3) is 3.58. The molecule has 0 bridgehead atoms. The van der Waals surface area contributed by atoms with Crippen molar-refractivity contribution in [2.24, 2.45) is 0 Å². The fraction of sp³-hybridized carbons (Fsp3) is 0.250. The van der Waals surface area contributed by atoms with Crippen molar-refractivity contribution in [2.75, 3.05) is 19.5 Å². The van der Waals surface area contributed by atoms with Crippen molar-refractivity contribution in [1.29, 1.82) is 0 Å². The van der Waals surface area contributed by atoms with Crippen LogP contribution in [0.4, 0.5) is 10.1 Å². The Morgan fingerprint density at radius 3 is 2.43 bits per heavy atom. The van der Waals surface area contributed by atoms with Crippen LogP contribution in [0.15, 0.2) is 36.4 Å². The Kier molecular flexibility index (Phi) is 4.91. The van der Waals surface area contributed by atoms with Gasteiger partial charge in [-0.1, -0.05) is 17.7 Å². The molecule has 0 fully saturated rings. The predicted octanol–water partition coefficient (Wildman–Crippen LogP) is 4.67. The molecule has 0 saturated carbocycles. The van der Waals surface area contributed by atoms with Crippen LogP contribution in [-0.2, 0) is 0 Å².